The molecule has 0 amide bonds. The Hall–Kier alpha value is -1.22. The maximum absolute atomic E-state index is 10.1. The molecule has 0 spiro atoms. The highest BCUT2D eigenvalue weighted by atomic mass is 16.3. The summed E-state index contributed by atoms with van der Waals surface area (Å²) in [5.74, 6) is 0.399. The summed E-state index contributed by atoms with van der Waals surface area (Å²) in [4.78, 5) is 2.42. The first kappa shape index (κ1) is 13.2. The van der Waals surface area contributed by atoms with Gasteiger partial charge in [0.2, 0.25) is 0 Å². The molecule has 2 rings (SSSR count). The molecule has 1 atom stereocenters. The van der Waals surface area contributed by atoms with Crippen LogP contribution in [0.15, 0.2) is 18.2 Å². The summed E-state index contributed by atoms with van der Waals surface area (Å²) in [5.41, 5.74) is 2.12. The molecule has 3 nitrogen and oxygen atoms in total. The maximum atomic E-state index is 10.1. The molecule has 0 aliphatic heterocycles. The molecule has 1 aromatic carbocycles. The lowest BCUT2D eigenvalue weighted by Gasteiger charge is -2.25. The molecule has 1 saturated carbocycles. The van der Waals surface area contributed by atoms with Crippen molar-refractivity contribution in [2.75, 3.05) is 18.5 Å². The normalized spacial score (nSPS) is 16.6. The van der Waals surface area contributed by atoms with Gasteiger partial charge in [-0.15, -0.1) is 0 Å². The minimum absolute atomic E-state index is 0.180. The predicted molar refractivity (Wildman–Crippen MR) is 76.2 cm³/mol. The third-order valence-electron chi connectivity index (χ3n) is 3.70. The molecule has 0 bridgehead atoms. The molecule has 1 aliphatic carbocycles. The zero-order valence-corrected chi connectivity index (χ0v) is 11.6. The van der Waals surface area contributed by atoms with Crippen molar-refractivity contribution in [2.45, 2.75) is 45.2 Å². The zero-order chi connectivity index (χ0) is 13.1. The second-order valence-electron chi connectivity index (χ2n) is 5.18. The quantitative estimate of drug-likeness (QED) is 0.812. The van der Waals surface area contributed by atoms with Gasteiger partial charge in [0.15, 0.2) is 0 Å². The first-order chi connectivity index (χ1) is 8.67. The Kier molecular flexibility index (Phi) is 4.12. The van der Waals surface area contributed by atoms with Gasteiger partial charge in [-0.25, -0.2) is 0 Å². The maximum Gasteiger partial charge on any atom is 0.122 e. The lowest BCUT2D eigenvalue weighted by atomic mass is 10.1. The highest BCUT2D eigenvalue weighted by Crippen LogP contribution is 2.35. The first-order valence-corrected chi connectivity index (χ1v) is 6.94. The molecule has 0 radical (unpaired) electrons. The average Bonchev–Trinajstić information content (AvgIpc) is 3.19. The van der Waals surface area contributed by atoms with E-state index in [9.17, 15) is 5.11 Å². The minimum atomic E-state index is 0.180. The number of nitrogens with zero attached hydrogens (tertiary/aromatic N) is 1. The van der Waals surface area contributed by atoms with Crippen molar-refractivity contribution < 1.29 is 5.11 Å². The Morgan fingerprint density at radius 3 is 2.67 bits per heavy atom. The highest BCUT2D eigenvalue weighted by molar-refractivity contribution is 5.55. The molecule has 2 N–H and O–H groups in total. The molecule has 1 aliphatic rings. The van der Waals surface area contributed by atoms with E-state index in [1.165, 1.54) is 12.8 Å². The van der Waals surface area contributed by atoms with E-state index < -0.39 is 0 Å². The van der Waals surface area contributed by atoms with Crippen LogP contribution in [0.4, 0.5) is 5.69 Å². The van der Waals surface area contributed by atoms with Crippen LogP contribution in [0.1, 0.15) is 44.7 Å². The van der Waals surface area contributed by atoms with Gasteiger partial charge in [-0.05, 0) is 39.3 Å². The largest absolute Gasteiger partial charge is 0.508 e. The molecule has 1 aromatic rings. The molecule has 18 heavy (non-hydrogen) atoms. The average molecular weight is 248 g/mol. The monoisotopic (exact) mass is 248 g/mol. The number of anilines is 1. The van der Waals surface area contributed by atoms with Crippen molar-refractivity contribution in [1.82, 2.24) is 5.32 Å². The van der Waals surface area contributed by atoms with Crippen molar-refractivity contribution in [2.24, 2.45) is 0 Å². The number of aromatic hydroxyl groups is 1. The van der Waals surface area contributed by atoms with Crippen molar-refractivity contribution in [3.8, 4) is 5.75 Å². The van der Waals surface area contributed by atoms with Crippen LogP contribution in [0.2, 0.25) is 0 Å². The number of nitrogens with one attached hydrogen (secondary N) is 1. The van der Waals surface area contributed by atoms with Gasteiger partial charge < -0.3 is 15.3 Å². The fraction of sp³-hybridized carbons (Fsp3) is 0.600. The van der Waals surface area contributed by atoms with Crippen LogP contribution in [-0.4, -0.2) is 24.7 Å². The lowest BCUT2D eigenvalue weighted by Crippen LogP contribution is -2.26. The molecule has 0 heterocycles. The number of benzene rings is 1. The van der Waals surface area contributed by atoms with Crippen LogP contribution < -0.4 is 10.2 Å². The van der Waals surface area contributed by atoms with Crippen LogP contribution in [0.5, 0.6) is 5.75 Å². The summed E-state index contributed by atoms with van der Waals surface area (Å²) in [5, 5.41) is 13.3. The summed E-state index contributed by atoms with van der Waals surface area (Å²) in [7, 11) is 1.91. The Labute approximate surface area is 110 Å². The number of rotatable bonds is 6. The van der Waals surface area contributed by atoms with Gasteiger partial charge in [0, 0.05) is 35.9 Å². The molecule has 100 valence electrons. The highest BCUT2D eigenvalue weighted by Gasteiger charge is 2.29. The standard InChI is InChI=1S/C15H24N2O/c1-4-9-17(12-5-6-12)13-7-8-14(11(2)16-3)15(18)10-13/h7-8,10-12,16,18H,4-6,9H2,1-3H3. The van der Waals surface area contributed by atoms with Gasteiger partial charge in [0.25, 0.3) is 0 Å². The Morgan fingerprint density at radius 2 is 2.17 bits per heavy atom. The topological polar surface area (TPSA) is 35.5 Å². The van der Waals surface area contributed by atoms with Crippen LogP contribution in [0.25, 0.3) is 0 Å². The molecule has 0 aromatic heterocycles. The van der Waals surface area contributed by atoms with Crippen LogP contribution in [0, 0.1) is 0 Å². The third kappa shape index (κ3) is 2.78. The van der Waals surface area contributed by atoms with Crippen molar-refractivity contribution in [3.63, 3.8) is 0 Å². The van der Waals surface area contributed by atoms with Gasteiger partial charge in [0.05, 0.1) is 0 Å². The number of phenols is 1. The third-order valence-corrected chi connectivity index (χ3v) is 3.70. The van der Waals surface area contributed by atoms with E-state index in [4.69, 9.17) is 0 Å². The summed E-state index contributed by atoms with van der Waals surface area (Å²) in [6.07, 6.45) is 3.72. The minimum Gasteiger partial charge on any atom is -0.508 e. The van der Waals surface area contributed by atoms with Gasteiger partial charge in [-0.1, -0.05) is 13.0 Å². The van der Waals surface area contributed by atoms with Crippen molar-refractivity contribution in [3.05, 3.63) is 23.8 Å². The van der Waals surface area contributed by atoms with Gasteiger partial charge in [0.1, 0.15) is 5.75 Å². The number of phenolic OH excluding ortho intramolecular Hbond substituents is 1. The summed E-state index contributed by atoms with van der Waals surface area (Å²) in [6.45, 7) is 5.33. The summed E-state index contributed by atoms with van der Waals surface area (Å²) < 4.78 is 0. The zero-order valence-electron chi connectivity index (χ0n) is 11.6. The number of hydrogen-bond acceptors (Lipinski definition) is 3. The van der Waals surface area contributed by atoms with Crippen molar-refractivity contribution in [1.29, 1.82) is 0 Å². The smallest absolute Gasteiger partial charge is 0.122 e. The fourth-order valence-corrected chi connectivity index (χ4v) is 2.38. The second-order valence-corrected chi connectivity index (χ2v) is 5.18. The van der Waals surface area contributed by atoms with E-state index in [0.717, 1.165) is 24.2 Å². The number of hydrogen-bond donors (Lipinski definition) is 2. The molecule has 1 fully saturated rings. The van der Waals surface area contributed by atoms with E-state index in [1.807, 2.05) is 19.2 Å². The van der Waals surface area contributed by atoms with E-state index >= 15 is 0 Å². The van der Waals surface area contributed by atoms with Crippen LogP contribution in [-0.2, 0) is 0 Å². The lowest BCUT2D eigenvalue weighted by molar-refractivity contribution is 0.457. The SMILES string of the molecule is CCCN(c1ccc(C(C)NC)c(O)c1)C1CC1. The Bertz CT molecular complexity index is 401. The summed E-state index contributed by atoms with van der Waals surface area (Å²) in [6, 6.07) is 6.96. The van der Waals surface area contributed by atoms with Crippen LogP contribution >= 0.6 is 0 Å². The predicted octanol–water partition coefficient (Wildman–Crippen LogP) is 3.05. The summed E-state index contributed by atoms with van der Waals surface area (Å²) >= 11 is 0. The molecule has 0 saturated heterocycles. The van der Waals surface area contributed by atoms with E-state index in [-0.39, 0.29) is 6.04 Å². The van der Waals surface area contributed by atoms with Gasteiger partial charge >= 0.3 is 0 Å². The first-order valence-electron chi connectivity index (χ1n) is 6.94. The van der Waals surface area contributed by atoms with Gasteiger partial charge in [-0.3, -0.25) is 0 Å². The molecule has 1 unspecified atom stereocenters. The fourth-order valence-electron chi connectivity index (χ4n) is 2.38. The van der Waals surface area contributed by atoms with E-state index in [2.05, 4.69) is 30.1 Å². The van der Waals surface area contributed by atoms with Crippen molar-refractivity contribution >= 4 is 5.69 Å². The second kappa shape index (κ2) is 5.61. The van der Waals surface area contributed by atoms with Crippen LogP contribution in [0.3, 0.4) is 0 Å². The van der Waals surface area contributed by atoms with E-state index in [0.29, 0.717) is 11.8 Å². The Morgan fingerprint density at radius 1 is 1.44 bits per heavy atom. The van der Waals surface area contributed by atoms with E-state index in [1.54, 1.807) is 0 Å². The molecular weight excluding hydrogens is 224 g/mol. The van der Waals surface area contributed by atoms with Gasteiger partial charge in [-0.2, -0.15) is 0 Å². The Balaban J connectivity index is 2.21. The molecule has 3 heteroatoms. The molecular formula is C15H24N2O.